The van der Waals surface area contributed by atoms with Crippen molar-refractivity contribution in [2.75, 3.05) is 43.0 Å². The summed E-state index contributed by atoms with van der Waals surface area (Å²) in [6.45, 7) is 2.09. The molecule has 2 aromatic carbocycles. The second-order valence-electron chi connectivity index (χ2n) is 7.98. The molecule has 2 aromatic heterocycles. The molecule has 0 aliphatic carbocycles. The fourth-order valence-electron chi connectivity index (χ4n) is 3.76. The van der Waals surface area contributed by atoms with Gasteiger partial charge < -0.3 is 22.1 Å². The second kappa shape index (κ2) is 9.58. The highest BCUT2D eigenvalue weighted by molar-refractivity contribution is 7.89. The molecule has 180 valence electrons. The number of hydrogen-bond acceptors (Lipinski definition) is 10. The van der Waals surface area contributed by atoms with Crippen molar-refractivity contribution < 1.29 is 8.42 Å². The van der Waals surface area contributed by atoms with Crippen LogP contribution in [0, 0.1) is 0 Å². The van der Waals surface area contributed by atoms with Crippen molar-refractivity contribution in [3.05, 3.63) is 59.9 Å². The summed E-state index contributed by atoms with van der Waals surface area (Å²) in [5, 5.41) is 6.76. The summed E-state index contributed by atoms with van der Waals surface area (Å²) in [6.07, 6.45) is 7.28. The lowest BCUT2D eigenvalue weighted by molar-refractivity contribution is 0.360. The lowest BCUT2D eigenvalue weighted by Crippen LogP contribution is -2.46. The zero-order chi connectivity index (χ0) is 24.4. The fourth-order valence-corrected chi connectivity index (χ4v) is 6.08. The van der Waals surface area contributed by atoms with Gasteiger partial charge in [0.25, 0.3) is 0 Å². The molecule has 1 saturated heterocycles. The number of hydrogen-bond donors (Lipinski definition) is 4. The summed E-state index contributed by atoms with van der Waals surface area (Å²) >= 11 is 1.45. The second-order valence-corrected chi connectivity index (χ2v) is 11.0. The van der Waals surface area contributed by atoms with E-state index in [4.69, 9.17) is 11.5 Å². The number of sulfonamides is 1. The number of nitrogens with zero attached hydrogens (tertiary/aromatic N) is 4. The molecule has 0 radical (unpaired) electrons. The Balaban J connectivity index is 1.26. The van der Waals surface area contributed by atoms with Crippen molar-refractivity contribution in [2.24, 2.45) is 0 Å². The summed E-state index contributed by atoms with van der Waals surface area (Å²) in [7, 11) is -3.64. The van der Waals surface area contributed by atoms with E-state index in [9.17, 15) is 8.42 Å². The fraction of sp³-hybridized carbons (Fsp3) is 0.174. The Morgan fingerprint density at radius 3 is 2.49 bits per heavy atom. The van der Waals surface area contributed by atoms with Gasteiger partial charge in [0.15, 0.2) is 5.13 Å². The van der Waals surface area contributed by atoms with Crippen LogP contribution in [0.4, 0.5) is 22.5 Å². The first-order valence-electron chi connectivity index (χ1n) is 10.9. The number of piperazine rings is 1. The van der Waals surface area contributed by atoms with Crippen LogP contribution < -0.4 is 22.1 Å². The first-order chi connectivity index (χ1) is 16.9. The Bertz CT molecular complexity index is 1490. The van der Waals surface area contributed by atoms with Gasteiger partial charge in [0.2, 0.25) is 16.0 Å². The number of nitrogens with two attached hydrogens (primary N) is 2. The number of aromatic nitrogens is 3. The average Bonchev–Trinajstić information content (AvgIpc) is 3.23. The smallest absolute Gasteiger partial charge is 0.245 e. The minimum Gasteiger partial charge on any atom is -0.398 e. The maximum absolute atomic E-state index is 12.9. The summed E-state index contributed by atoms with van der Waals surface area (Å²) in [6, 6.07) is 10.7. The van der Waals surface area contributed by atoms with Gasteiger partial charge in [0.1, 0.15) is 4.90 Å². The molecule has 0 unspecified atom stereocenters. The molecule has 0 saturated carbocycles. The topological polar surface area (TPSA) is 152 Å². The first kappa shape index (κ1) is 23.2. The molecule has 1 aliphatic rings. The van der Waals surface area contributed by atoms with Gasteiger partial charge in [0, 0.05) is 49.8 Å². The van der Waals surface area contributed by atoms with Gasteiger partial charge in [-0.2, -0.15) is 4.31 Å². The van der Waals surface area contributed by atoms with Crippen LogP contribution in [-0.4, -0.2) is 53.9 Å². The molecular formula is C23H24N8O2S2. The predicted molar refractivity (Wildman–Crippen MR) is 141 cm³/mol. The van der Waals surface area contributed by atoms with Crippen LogP contribution >= 0.6 is 11.3 Å². The number of nitrogen functional groups attached to an aromatic ring is 2. The SMILES string of the molecule is Nc1nc2ccc(C=Cc3cnc(Nc4ccc(S(=O)(=O)N5CCNCC5)c(N)c4)nc3)cc2s1. The van der Waals surface area contributed by atoms with E-state index in [1.54, 1.807) is 24.5 Å². The lowest BCUT2D eigenvalue weighted by Gasteiger charge is -2.27. The van der Waals surface area contributed by atoms with Crippen LogP contribution in [0.15, 0.2) is 53.7 Å². The van der Waals surface area contributed by atoms with Crippen molar-refractivity contribution in [1.82, 2.24) is 24.6 Å². The van der Waals surface area contributed by atoms with E-state index in [0.717, 1.165) is 21.3 Å². The third-order valence-electron chi connectivity index (χ3n) is 5.53. The quantitative estimate of drug-likeness (QED) is 0.288. The molecule has 0 amide bonds. The highest BCUT2D eigenvalue weighted by atomic mass is 32.2. The third kappa shape index (κ3) is 5.10. The maximum Gasteiger partial charge on any atom is 0.245 e. The number of fused-ring (bicyclic) bond motifs is 1. The number of anilines is 4. The van der Waals surface area contributed by atoms with Crippen molar-refractivity contribution in [3.8, 4) is 0 Å². The van der Waals surface area contributed by atoms with Crippen LogP contribution in [-0.2, 0) is 10.0 Å². The van der Waals surface area contributed by atoms with Crippen molar-refractivity contribution >= 4 is 66.2 Å². The predicted octanol–water partition coefficient (Wildman–Crippen LogP) is 2.76. The zero-order valence-corrected chi connectivity index (χ0v) is 20.3. The Hall–Kier alpha value is -3.58. The minimum atomic E-state index is -3.64. The zero-order valence-electron chi connectivity index (χ0n) is 18.7. The molecule has 0 atom stereocenters. The van der Waals surface area contributed by atoms with E-state index in [1.165, 1.54) is 21.7 Å². The lowest BCUT2D eigenvalue weighted by atomic mass is 10.2. The van der Waals surface area contributed by atoms with Gasteiger partial charge in [0.05, 0.1) is 15.9 Å². The van der Waals surface area contributed by atoms with Crippen molar-refractivity contribution in [2.45, 2.75) is 4.90 Å². The van der Waals surface area contributed by atoms with E-state index >= 15 is 0 Å². The Kier molecular flexibility index (Phi) is 6.34. The van der Waals surface area contributed by atoms with Crippen molar-refractivity contribution in [3.63, 3.8) is 0 Å². The molecule has 6 N–H and O–H groups in total. The molecule has 35 heavy (non-hydrogen) atoms. The van der Waals surface area contributed by atoms with Gasteiger partial charge >= 0.3 is 0 Å². The molecule has 0 spiro atoms. The Morgan fingerprint density at radius 2 is 1.74 bits per heavy atom. The summed E-state index contributed by atoms with van der Waals surface area (Å²) in [5.74, 6) is 0.376. The summed E-state index contributed by atoms with van der Waals surface area (Å²) < 4.78 is 28.3. The van der Waals surface area contributed by atoms with Crippen molar-refractivity contribution in [1.29, 1.82) is 0 Å². The molecule has 4 aromatic rings. The standard InChI is InChI=1S/C23H24N8O2S2/c24-18-12-17(4-6-21(18)35(32,33)31-9-7-26-8-10-31)29-23-27-13-16(14-28-23)2-1-15-3-5-19-20(11-15)34-22(25)30-19/h1-6,11-14,26H,7-10,24H2,(H2,25,30)(H,27,28,29). The normalized spacial score (nSPS) is 15.1. The monoisotopic (exact) mass is 508 g/mol. The first-order valence-corrected chi connectivity index (χ1v) is 13.2. The van der Waals surface area contributed by atoms with Crippen LogP contribution in [0.2, 0.25) is 0 Å². The Labute approximate surface area is 206 Å². The number of nitrogens with one attached hydrogen (secondary N) is 2. The van der Waals surface area contributed by atoms with Gasteiger partial charge in [-0.3, -0.25) is 0 Å². The van der Waals surface area contributed by atoms with Gasteiger partial charge in [-0.25, -0.2) is 23.4 Å². The largest absolute Gasteiger partial charge is 0.398 e. The molecular weight excluding hydrogens is 484 g/mol. The highest BCUT2D eigenvalue weighted by Crippen LogP contribution is 2.27. The van der Waals surface area contributed by atoms with Crippen LogP contribution in [0.3, 0.4) is 0 Å². The van der Waals surface area contributed by atoms with Gasteiger partial charge in [-0.15, -0.1) is 0 Å². The number of rotatable bonds is 6. The molecule has 5 rings (SSSR count). The van der Waals surface area contributed by atoms with Crippen LogP contribution in [0.1, 0.15) is 11.1 Å². The third-order valence-corrected chi connectivity index (χ3v) is 8.35. The summed E-state index contributed by atoms with van der Waals surface area (Å²) in [4.78, 5) is 13.0. The van der Waals surface area contributed by atoms with E-state index in [0.29, 0.717) is 42.9 Å². The van der Waals surface area contributed by atoms with E-state index in [-0.39, 0.29) is 10.6 Å². The highest BCUT2D eigenvalue weighted by Gasteiger charge is 2.27. The number of thiazole rings is 1. The molecule has 0 bridgehead atoms. The molecule has 12 heteroatoms. The van der Waals surface area contributed by atoms with E-state index in [2.05, 4.69) is 25.6 Å². The average molecular weight is 509 g/mol. The molecule has 3 heterocycles. The van der Waals surface area contributed by atoms with Gasteiger partial charge in [-0.05, 0) is 35.9 Å². The van der Waals surface area contributed by atoms with E-state index in [1.807, 2.05) is 30.4 Å². The summed E-state index contributed by atoms with van der Waals surface area (Å²) in [5.41, 5.74) is 15.4. The van der Waals surface area contributed by atoms with Crippen LogP contribution in [0.25, 0.3) is 22.4 Å². The molecule has 10 nitrogen and oxygen atoms in total. The minimum absolute atomic E-state index is 0.102. The molecule has 1 aliphatic heterocycles. The van der Waals surface area contributed by atoms with Gasteiger partial charge in [-0.1, -0.05) is 29.6 Å². The number of benzene rings is 2. The Morgan fingerprint density at radius 1 is 1.00 bits per heavy atom. The maximum atomic E-state index is 12.9. The van der Waals surface area contributed by atoms with E-state index < -0.39 is 10.0 Å². The van der Waals surface area contributed by atoms with Crippen LogP contribution in [0.5, 0.6) is 0 Å². The molecule has 1 fully saturated rings.